The van der Waals surface area contributed by atoms with Crippen LogP contribution in [0.2, 0.25) is 0 Å². The van der Waals surface area contributed by atoms with E-state index in [-0.39, 0.29) is 61.0 Å². The molecule has 0 saturated heterocycles. The first-order valence-corrected chi connectivity index (χ1v) is 52.7. The molecule has 10 rings (SSSR count). The van der Waals surface area contributed by atoms with Crippen molar-refractivity contribution in [3.05, 3.63) is 0 Å². The summed E-state index contributed by atoms with van der Waals surface area (Å²) in [6.45, 7) is 49.2. The zero-order valence-electron chi connectivity index (χ0n) is 82.5. The van der Waals surface area contributed by atoms with E-state index in [0.717, 1.165) is 168 Å². The van der Waals surface area contributed by atoms with Crippen molar-refractivity contribution in [2.75, 3.05) is 0 Å². The van der Waals surface area contributed by atoms with Gasteiger partial charge >= 0.3 is 0 Å². The van der Waals surface area contributed by atoms with Crippen LogP contribution in [0.15, 0.2) is 0 Å². The Labute approximate surface area is 730 Å². The van der Waals surface area contributed by atoms with Crippen molar-refractivity contribution in [2.45, 2.75) is 560 Å². The second kappa shape index (κ2) is 67.8. The molecule has 26 atom stereocenters. The molecule has 10 heteroatoms. The predicted octanol–water partition coefficient (Wildman–Crippen LogP) is 28.4. The molecule has 26 unspecified atom stereocenters. The van der Waals surface area contributed by atoms with Crippen molar-refractivity contribution >= 4 is 0 Å². The molecule has 10 aliphatic rings. The molecule has 10 saturated carbocycles. The maximum absolute atomic E-state index is 10.1. The van der Waals surface area contributed by atoms with Crippen LogP contribution in [0.25, 0.3) is 0 Å². The van der Waals surface area contributed by atoms with E-state index in [9.17, 15) is 51.1 Å². The summed E-state index contributed by atoms with van der Waals surface area (Å²) in [7, 11) is 0. The van der Waals surface area contributed by atoms with Gasteiger partial charge in [-0.05, 0) is 310 Å². The Morgan fingerprint density at radius 2 is 0.598 bits per heavy atom. The lowest BCUT2D eigenvalue weighted by Gasteiger charge is -2.43. The molecular formula is C107H214O10. The van der Waals surface area contributed by atoms with E-state index in [0.29, 0.717) is 58.7 Å². The average molecular weight is 1660 g/mol. The SMILES string of the molecule is CC(C)C1CCC(O)CC1(C)C.CCC1CC(O)CC(CC)C1.CCC1CCC(CC)C(O)C1.CCC1CCC(O)C(CC)C1.CCC1CCC(O)CC1CC.CCC1CCCC(CC)C1O.CCC1CCCC(O)C1CC.CCCC1CCC(CCC)C(O)C1.CCCC1CCC(O)C(CCC)C1.CCCC1CCCC(CCC)C1O. The van der Waals surface area contributed by atoms with Crippen molar-refractivity contribution in [2.24, 2.45) is 124 Å². The van der Waals surface area contributed by atoms with Gasteiger partial charge in [-0.25, -0.2) is 0 Å². The van der Waals surface area contributed by atoms with Crippen LogP contribution in [0.3, 0.4) is 0 Å². The zero-order valence-corrected chi connectivity index (χ0v) is 82.5. The van der Waals surface area contributed by atoms with Gasteiger partial charge in [0.1, 0.15) is 0 Å². The molecule has 10 nitrogen and oxygen atoms in total. The Morgan fingerprint density at radius 1 is 0.231 bits per heavy atom. The molecule has 0 bridgehead atoms. The largest absolute Gasteiger partial charge is 0.393 e. The first-order chi connectivity index (χ1) is 55.9. The second-order valence-corrected chi connectivity index (χ2v) is 41.8. The van der Waals surface area contributed by atoms with Crippen LogP contribution in [0.5, 0.6) is 0 Å². The van der Waals surface area contributed by atoms with Crippen LogP contribution < -0.4 is 0 Å². The Hall–Kier alpha value is -0.400. The van der Waals surface area contributed by atoms with Gasteiger partial charge in [0, 0.05) is 0 Å². The molecule has 0 aromatic heterocycles. The molecule has 10 N–H and O–H groups in total. The van der Waals surface area contributed by atoms with Crippen LogP contribution in [0.1, 0.15) is 499 Å². The monoisotopic (exact) mass is 1660 g/mol. The topological polar surface area (TPSA) is 202 Å². The van der Waals surface area contributed by atoms with Gasteiger partial charge in [0.15, 0.2) is 0 Å². The van der Waals surface area contributed by atoms with Crippen molar-refractivity contribution in [3.63, 3.8) is 0 Å². The molecule has 0 radical (unpaired) electrons. The Balaban J connectivity index is 0.000000650. The smallest absolute Gasteiger partial charge is 0.0596 e. The van der Waals surface area contributed by atoms with Gasteiger partial charge in [-0.3, -0.25) is 0 Å². The van der Waals surface area contributed by atoms with Crippen LogP contribution >= 0.6 is 0 Å². The van der Waals surface area contributed by atoms with E-state index in [1.165, 1.54) is 244 Å². The fraction of sp³-hybridized carbons (Fsp3) is 1.00. The van der Waals surface area contributed by atoms with E-state index in [4.69, 9.17) is 0 Å². The van der Waals surface area contributed by atoms with E-state index in [1.807, 2.05) is 0 Å². The van der Waals surface area contributed by atoms with Gasteiger partial charge in [0.2, 0.25) is 0 Å². The highest BCUT2D eigenvalue weighted by atomic mass is 16.3. The molecule has 10 fully saturated rings. The van der Waals surface area contributed by atoms with Gasteiger partial charge in [-0.2, -0.15) is 0 Å². The molecule has 117 heavy (non-hydrogen) atoms. The van der Waals surface area contributed by atoms with E-state index < -0.39 is 0 Å². The summed E-state index contributed by atoms with van der Waals surface area (Å²) in [5, 5.41) is 97.0. The van der Waals surface area contributed by atoms with Crippen LogP contribution in [-0.2, 0) is 0 Å². The van der Waals surface area contributed by atoms with Crippen LogP contribution in [0.4, 0.5) is 0 Å². The highest BCUT2D eigenvalue weighted by molar-refractivity contribution is 4.90. The van der Waals surface area contributed by atoms with Crippen molar-refractivity contribution in [3.8, 4) is 0 Å². The lowest BCUT2D eigenvalue weighted by atomic mass is 9.64. The molecule has 0 heterocycles. The third-order valence-corrected chi connectivity index (χ3v) is 32.5. The summed E-state index contributed by atoms with van der Waals surface area (Å²) in [6.07, 6.45) is 65.3. The molecule has 0 aromatic rings. The van der Waals surface area contributed by atoms with E-state index in [2.05, 4.69) is 152 Å². The average Bonchev–Trinajstić information content (AvgIpc) is 0.816. The Morgan fingerprint density at radius 3 is 1.04 bits per heavy atom. The van der Waals surface area contributed by atoms with Gasteiger partial charge in [-0.15, -0.1) is 0 Å². The minimum Gasteiger partial charge on any atom is -0.393 e. The van der Waals surface area contributed by atoms with Crippen molar-refractivity contribution in [1.29, 1.82) is 0 Å². The third-order valence-electron chi connectivity index (χ3n) is 32.5. The summed E-state index contributed by atoms with van der Waals surface area (Å²) in [4.78, 5) is 0. The fourth-order valence-corrected chi connectivity index (χ4v) is 24.5. The normalized spacial score (nSPS) is 37.3. The summed E-state index contributed by atoms with van der Waals surface area (Å²) < 4.78 is 0. The lowest BCUT2D eigenvalue weighted by Crippen LogP contribution is -2.37. The minimum absolute atomic E-state index is 0.00116. The highest BCUT2D eigenvalue weighted by Crippen LogP contribution is 2.46. The highest BCUT2D eigenvalue weighted by Gasteiger charge is 2.39. The van der Waals surface area contributed by atoms with Crippen molar-refractivity contribution in [1.82, 2.24) is 0 Å². The minimum atomic E-state index is -0.0463. The van der Waals surface area contributed by atoms with E-state index >= 15 is 0 Å². The molecule has 702 valence electrons. The van der Waals surface area contributed by atoms with E-state index in [1.54, 1.807) is 0 Å². The van der Waals surface area contributed by atoms with Crippen LogP contribution in [-0.4, -0.2) is 112 Å². The maximum atomic E-state index is 10.1. The second-order valence-electron chi connectivity index (χ2n) is 41.8. The predicted molar refractivity (Wildman–Crippen MR) is 506 cm³/mol. The molecular weight excluding hydrogens is 1450 g/mol. The Kier molecular flexibility index (Phi) is 66.5. The van der Waals surface area contributed by atoms with Gasteiger partial charge in [0.05, 0.1) is 61.0 Å². The molecule has 0 aromatic carbocycles. The number of hydrogen-bond acceptors (Lipinski definition) is 10. The summed E-state index contributed by atoms with van der Waals surface area (Å²) in [5.74, 6) is 14.4. The summed E-state index contributed by atoms with van der Waals surface area (Å²) >= 11 is 0. The quantitative estimate of drug-likeness (QED) is 0.0419. The van der Waals surface area contributed by atoms with Gasteiger partial charge < -0.3 is 51.1 Å². The first kappa shape index (κ1) is 115. The summed E-state index contributed by atoms with van der Waals surface area (Å²) in [6, 6.07) is 0. The zero-order chi connectivity index (χ0) is 88.0. The number of rotatable bonds is 25. The standard InChI is InChI=1S/3C12H24O.C11H22O.6C10H20O/c1-3-6-10-8-5-9-11(7-4-2)12(10)13;1-3-5-10-7-8-12(13)11(9-10)6-4-2;1-3-5-10-7-8-11(6-4-2)12(13)9-10;1-8(2)10-6-5-9(12)7-11(10,3)4;1-3-8-5-9(4-2)7-10(11)6-8;1-3-8-5-6-10(11)7-9(8)4-2;1-3-8-5-6-10(11)9(4-2)7-8;1-3-8-5-6-9(4-2)10(11)7-8;1-3-8-6-5-7-10(11)9(8)4-2;1-3-8-6-5-7-9(4-2)10(8)11/h3*10-13H,3-9H2,1-2H3;8-10,12H,5-7H2,1-4H3;6*8-11H,3-7H2,1-2H3. The lowest BCUT2D eigenvalue weighted by molar-refractivity contribution is 0.00440. The summed E-state index contributed by atoms with van der Waals surface area (Å²) in [5.41, 5.74) is 0.339. The third kappa shape index (κ3) is 45.7. The number of aliphatic hydroxyl groups excluding tert-OH is 10. The maximum Gasteiger partial charge on any atom is 0.0596 e. The molecule has 0 aliphatic heterocycles. The van der Waals surface area contributed by atoms with Crippen molar-refractivity contribution < 1.29 is 51.1 Å². The molecule has 0 amide bonds. The van der Waals surface area contributed by atoms with Gasteiger partial charge in [-0.1, -0.05) is 313 Å². The first-order valence-electron chi connectivity index (χ1n) is 52.7. The Bertz CT molecular complexity index is 2150. The fourth-order valence-electron chi connectivity index (χ4n) is 24.5. The molecule has 10 aliphatic carbocycles. The number of hydrogen-bond donors (Lipinski definition) is 10. The van der Waals surface area contributed by atoms with Gasteiger partial charge in [0.25, 0.3) is 0 Å². The molecule has 0 spiro atoms. The van der Waals surface area contributed by atoms with Crippen LogP contribution in [0, 0.1) is 124 Å². The number of aliphatic hydroxyl groups is 10.